The van der Waals surface area contributed by atoms with E-state index in [1.165, 1.54) is 0 Å². The van der Waals surface area contributed by atoms with Gasteiger partial charge in [0, 0.05) is 42.5 Å². The van der Waals surface area contributed by atoms with Crippen LogP contribution in [0.3, 0.4) is 0 Å². The molecule has 3 heterocycles. The van der Waals surface area contributed by atoms with Crippen LogP contribution < -0.4 is 9.47 Å². The highest BCUT2D eigenvalue weighted by Gasteiger charge is 2.55. The van der Waals surface area contributed by atoms with Gasteiger partial charge < -0.3 is 24.4 Å². The molecule has 0 radical (unpaired) electrons. The Hall–Kier alpha value is -3.52. The van der Waals surface area contributed by atoms with Crippen molar-refractivity contribution in [2.45, 2.75) is 45.2 Å². The van der Waals surface area contributed by atoms with Gasteiger partial charge in [-0.1, -0.05) is 23.3 Å². The zero-order valence-corrected chi connectivity index (χ0v) is 22.0. The lowest BCUT2D eigenvalue weighted by molar-refractivity contribution is 0.0538. The van der Waals surface area contributed by atoms with Crippen molar-refractivity contribution in [2.75, 3.05) is 40.5 Å². The fraction of sp³-hybridized carbons (Fsp3) is 0.448. The molecular formula is C29H35N3O5. The second-order valence-corrected chi connectivity index (χ2v) is 10.2. The Morgan fingerprint density at radius 1 is 1.03 bits per heavy atom. The summed E-state index contributed by atoms with van der Waals surface area (Å²) in [4.78, 5) is 32.6. The van der Waals surface area contributed by atoms with Gasteiger partial charge in [0.1, 0.15) is 11.5 Å². The van der Waals surface area contributed by atoms with E-state index in [4.69, 9.17) is 9.47 Å². The van der Waals surface area contributed by atoms with E-state index < -0.39 is 5.54 Å². The van der Waals surface area contributed by atoms with Gasteiger partial charge in [-0.3, -0.25) is 9.69 Å². The molecule has 2 fully saturated rings. The quantitative estimate of drug-likeness (QED) is 0.671. The highest BCUT2D eigenvalue weighted by atomic mass is 16.5. The lowest BCUT2D eigenvalue weighted by Crippen LogP contribution is -2.55. The smallest absolute Gasteiger partial charge is 0.325 e. The zero-order chi connectivity index (χ0) is 26.3. The minimum atomic E-state index is -0.557. The van der Waals surface area contributed by atoms with Crippen LogP contribution in [0.15, 0.2) is 42.1 Å². The third-order valence-electron chi connectivity index (χ3n) is 7.97. The largest absolute Gasteiger partial charge is 0.497 e. The number of benzene rings is 2. The second kappa shape index (κ2) is 9.74. The minimum absolute atomic E-state index is 0.0237. The van der Waals surface area contributed by atoms with E-state index in [1.54, 1.807) is 14.2 Å². The number of β-amino-alcohol motifs (C(OH)–C–C–N with tert-alkyl or cyclic N) is 1. The molecule has 0 aromatic heterocycles. The number of nitrogens with zero attached hydrogens (tertiary/aromatic N) is 3. The first-order valence-electron chi connectivity index (χ1n) is 12.8. The van der Waals surface area contributed by atoms with Crippen LogP contribution >= 0.6 is 0 Å². The summed E-state index contributed by atoms with van der Waals surface area (Å²) in [5.74, 6) is 1.46. The number of amides is 3. The van der Waals surface area contributed by atoms with Gasteiger partial charge in [0.25, 0.3) is 5.91 Å². The van der Waals surface area contributed by atoms with E-state index in [1.807, 2.05) is 52.8 Å². The van der Waals surface area contributed by atoms with E-state index in [2.05, 4.69) is 12.1 Å². The Bertz CT molecular complexity index is 1240. The predicted octanol–water partition coefficient (Wildman–Crippen LogP) is 3.67. The van der Waals surface area contributed by atoms with Crippen LogP contribution in [-0.4, -0.2) is 77.7 Å². The number of aryl methyl sites for hydroxylation is 2. The van der Waals surface area contributed by atoms with Crippen molar-refractivity contribution in [1.29, 1.82) is 0 Å². The lowest BCUT2D eigenvalue weighted by atomic mass is 9.82. The van der Waals surface area contributed by atoms with Crippen LogP contribution in [0.25, 0.3) is 0 Å². The number of piperidine rings is 1. The van der Waals surface area contributed by atoms with Crippen LogP contribution in [0.4, 0.5) is 4.79 Å². The number of aliphatic hydroxyl groups excluding tert-OH is 1. The molecule has 2 aromatic carbocycles. The van der Waals surface area contributed by atoms with Gasteiger partial charge in [-0.15, -0.1) is 0 Å². The van der Waals surface area contributed by atoms with Gasteiger partial charge in [0.15, 0.2) is 0 Å². The summed E-state index contributed by atoms with van der Waals surface area (Å²) in [6, 6.07) is 9.67. The number of hydrogen-bond acceptors (Lipinski definition) is 5. The summed E-state index contributed by atoms with van der Waals surface area (Å²) >= 11 is 0. The first-order valence-corrected chi connectivity index (χ1v) is 12.8. The Labute approximate surface area is 218 Å². The molecule has 0 atom stereocenters. The van der Waals surface area contributed by atoms with Gasteiger partial charge in [-0.05, 0) is 56.9 Å². The maximum absolute atomic E-state index is 13.7. The molecule has 0 saturated carbocycles. The number of ether oxygens (including phenoxy) is 2. The van der Waals surface area contributed by atoms with Gasteiger partial charge >= 0.3 is 6.03 Å². The third-order valence-corrected chi connectivity index (χ3v) is 7.97. The molecule has 8 nitrogen and oxygen atoms in total. The highest BCUT2D eigenvalue weighted by Crippen LogP contribution is 2.47. The molecule has 2 saturated heterocycles. The first-order chi connectivity index (χ1) is 17.8. The standard InChI is InChI=1S/C29H35N3O5/c1-19-13-20(2)15-21(14-19)27(34)30-9-7-29(8-10-30)26-6-5-24-22(16-23(36-3)17-25(24)37-4)18-31(26)28(35)32(29)11-12-33/h6,13-17,33H,5,7-12,18H2,1-4H3. The van der Waals surface area contributed by atoms with E-state index in [0.29, 0.717) is 50.2 Å². The summed E-state index contributed by atoms with van der Waals surface area (Å²) in [7, 11) is 3.26. The second-order valence-electron chi connectivity index (χ2n) is 10.2. The highest BCUT2D eigenvalue weighted by molar-refractivity contribution is 5.95. The summed E-state index contributed by atoms with van der Waals surface area (Å²) in [6.07, 6.45) is 4.00. The summed E-state index contributed by atoms with van der Waals surface area (Å²) < 4.78 is 11.1. The first kappa shape index (κ1) is 25.1. The van der Waals surface area contributed by atoms with Crippen LogP contribution in [0.2, 0.25) is 0 Å². The van der Waals surface area contributed by atoms with Crippen molar-refractivity contribution >= 4 is 11.9 Å². The monoisotopic (exact) mass is 505 g/mol. The van der Waals surface area contributed by atoms with Crippen molar-refractivity contribution in [3.8, 4) is 11.5 Å². The Balaban J connectivity index is 1.46. The fourth-order valence-corrected chi connectivity index (χ4v) is 6.29. The third kappa shape index (κ3) is 4.23. The molecule has 3 aliphatic rings. The summed E-state index contributed by atoms with van der Waals surface area (Å²) in [6.45, 7) is 5.63. The molecule has 0 bridgehead atoms. The van der Waals surface area contributed by atoms with Crippen molar-refractivity contribution < 1.29 is 24.2 Å². The molecule has 0 unspecified atom stereocenters. The zero-order valence-electron chi connectivity index (χ0n) is 22.0. The molecule has 1 spiro atoms. The molecule has 8 heteroatoms. The molecule has 3 amide bonds. The van der Waals surface area contributed by atoms with Crippen LogP contribution in [0.5, 0.6) is 11.5 Å². The number of rotatable bonds is 5. The number of carbonyl (C=O) groups is 2. The molecule has 5 rings (SSSR count). The van der Waals surface area contributed by atoms with Crippen molar-refractivity contribution in [1.82, 2.24) is 14.7 Å². The average Bonchev–Trinajstić information content (AvgIpc) is 3.02. The van der Waals surface area contributed by atoms with Crippen LogP contribution in [0, 0.1) is 13.8 Å². The number of likely N-dealkylation sites (tertiary alicyclic amines) is 1. The Morgan fingerprint density at radius 3 is 2.35 bits per heavy atom. The normalized spacial score (nSPS) is 18.4. The molecule has 1 N–H and O–H groups in total. The van der Waals surface area contributed by atoms with Crippen molar-refractivity contribution in [3.63, 3.8) is 0 Å². The van der Waals surface area contributed by atoms with E-state index in [9.17, 15) is 14.7 Å². The molecule has 37 heavy (non-hydrogen) atoms. The number of aliphatic hydroxyl groups is 1. The summed E-state index contributed by atoms with van der Waals surface area (Å²) in [5, 5.41) is 9.85. The minimum Gasteiger partial charge on any atom is -0.497 e. The van der Waals surface area contributed by atoms with Crippen molar-refractivity contribution in [2.24, 2.45) is 0 Å². The molecule has 196 valence electrons. The van der Waals surface area contributed by atoms with Crippen LogP contribution in [0.1, 0.15) is 45.5 Å². The number of carbonyl (C=O) groups excluding carboxylic acids is 2. The van der Waals surface area contributed by atoms with Crippen molar-refractivity contribution in [3.05, 3.63) is 69.9 Å². The number of methoxy groups -OCH3 is 2. The molecule has 3 aliphatic heterocycles. The van der Waals surface area contributed by atoms with E-state index in [-0.39, 0.29) is 25.1 Å². The number of fused-ring (bicyclic) bond motifs is 3. The predicted molar refractivity (Wildman–Crippen MR) is 140 cm³/mol. The molecular weight excluding hydrogens is 470 g/mol. The molecule has 2 aromatic rings. The van der Waals surface area contributed by atoms with Gasteiger partial charge in [-0.2, -0.15) is 0 Å². The van der Waals surface area contributed by atoms with E-state index >= 15 is 0 Å². The van der Waals surface area contributed by atoms with Crippen LogP contribution in [-0.2, 0) is 13.0 Å². The maximum Gasteiger partial charge on any atom is 0.325 e. The fourth-order valence-electron chi connectivity index (χ4n) is 6.29. The maximum atomic E-state index is 13.7. The van der Waals surface area contributed by atoms with Gasteiger partial charge in [0.05, 0.1) is 32.9 Å². The lowest BCUT2D eigenvalue weighted by Gasteiger charge is -2.44. The average molecular weight is 506 g/mol. The topological polar surface area (TPSA) is 82.6 Å². The SMILES string of the molecule is COc1cc2c(c(OC)c1)CC=C1N(C2)C(=O)N(CCO)C12CCN(C(=O)c1cc(C)cc(C)c1)CC2. The number of hydrogen-bond donors (Lipinski definition) is 1. The van der Waals surface area contributed by atoms with Gasteiger partial charge in [-0.25, -0.2) is 4.79 Å². The molecule has 0 aliphatic carbocycles. The Morgan fingerprint density at radius 2 is 1.73 bits per heavy atom. The summed E-state index contributed by atoms with van der Waals surface area (Å²) in [5.41, 5.74) is 5.27. The van der Waals surface area contributed by atoms with Gasteiger partial charge in [0.2, 0.25) is 0 Å². The van der Waals surface area contributed by atoms with E-state index in [0.717, 1.165) is 33.7 Å². The Kier molecular flexibility index (Phi) is 6.62. The number of allylic oxidation sites excluding steroid dienone is 1. The number of urea groups is 1.